The van der Waals surface area contributed by atoms with Crippen LogP contribution in [0.1, 0.15) is 72.1 Å². The summed E-state index contributed by atoms with van der Waals surface area (Å²) in [5.74, 6) is 0.340. The number of hydrogen-bond acceptors (Lipinski definition) is 2. The molecular formula is C15H30N2O. The van der Waals surface area contributed by atoms with E-state index in [4.69, 9.17) is 0 Å². The van der Waals surface area contributed by atoms with Gasteiger partial charge in [0.15, 0.2) is 0 Å². The third-order valence-electron chi connectivity index (χ3n) is 3.74. The van der Waals surface area contributed by atoms with Gasteiger partial charge in [-0.1, -0.05) is 52.9 Å². The number of carbonyl (C=O) groups excluding carboxylic acids is 1. The monoisotopic (exact) mass is 254 g/mol. The van der Waals surface area contributed by atoms with Gasteiger partial charge in [-0.25, -0.2) is 0 Å². The zero-order valence-corrected chi connectivity index (χ0v) is 12.4. The second kappa shape index (κ2) is 8.52. The van der Waals surface area contributed by atoms with Crippen molar-refractivity contribution in [3.05, 3.63) is 0 Å². The Balaban J connectivity index is 2.46. The summed E-state index contributed by atoms with van der Waals surface area (Å²) in [7, 11) is 0. The second-order valence-electron chi connectivity index (χ2n) is 5.40. The predicted molar refractivity (Wildman–Crippen MR) is 76.4 cm³/mol. The van der Waals surface area contributed by atoms with Gasteiger partial charge in [-0.15, -0.1) is 0 Å². The van der Waals surface area contributed by atoms with E-state index >= 15 is 0 Å². The van der Waals surface area contributed by atoms with E-state index < -0.39 is 0 Å². The average molecular weight is 254 g/mol. The summed E-state index contributed by atoms with van der Waals surface area (Å²) in [5.41, 5.74) is 0. The summed E-state index contributed by atoms with van der Waals surface area (Å²) in [6, 6.07) is 0.0812. The fraction of sp³-hybridized carbons (Fsp3) is 0.933. The van der Waals surface area contributed by atoms with Crippen LogP contribution in [0.25, 0.3) is 0 Å². The largest absolute Gasteiger partial charge is 0.326 e. The van der Waals surface area contributed by atoms with Crippen molar-refractivity contribution in [1.29, 1.82) is 0 Å². The summed E-state index contributed by atoms with van der Waals surface area (Å²) in [4.78, 5) is 14.4. The molecule has 1 aliphatic heterocycles. The lowest BCUT2D eigenvalue weighted by Crippen LogP contribution is -2.37. The van der Waals surface area contributed by atoms with E-state index in [-0.39, 0.29) is 6.04 Å². The van der Waals surface area contributed by atoms with E-state index in [1.165, 1.54) is 19.3 Å². The minimum Gasteiger partial charge on any atom is -0.326 e. The Morgan fingerprint density at radius 1 is 1.00 bits per heavy atom. The molecule has 3 nitrogen and oxygen atoms in total. The first-order valence-electron chi connectivity index (χ1n) is 7.81. The fourth-order valence-electron chi connectivity index (χ4n) is 2.73. The van der Waals surface area contributed by atoms with E-state index in [1.807, 2.05) is 0 Å². The molecule has 0 spiro atoms. The molecule has 18 heavy (non-hydrogen) atoms. The third-order valence-corrected chi connectivity index (χ3v) is 3.74. The molecule has 0 radical (unpaired) electrons. The van der Waals surface area contributed by atoms with Crippen LogP contribution in [-0.2, 0) is 4.79 Å². The zero-order valence-electron chi connectivity index (χ0n) is 12.4. The molecule has 1 fully saturated rings. The predicted octanol–water partition coefficient (Wildman–Crippen LogP) is 3.29. The number of rotatable bonds is 9. The van der Waals surface area contributed by atoms with Crippen molar-refractivity contribution >= 4 is 5.91 Å². The molecule has 0 aromatic heterocycles. The Hall–Kier alpha value is -0.570. The van der Waals surface area contributed by atoms with Gasteiger partial charge in [-0.2, -0.15) is 0 Å². The maximum Gasteiger partial charge on any atom is 0.241 e. The quantitative estimate of drug-likeness (QED) is 0.640. The van der Waals surface area contributed by atoms with Crippen molar-refractivity contribution in [3.63, 3.8) is 0 Å². The van der Waals surface area contributed by atoms with Crippen LogP contribution in [-0.4, -0.2) is 29.6 Å². The van der Waals surface area contributed by atoms with E-state index in [0.717, 1.165) is 38.6 Å². The van der Waals surface area contributed by atoms with Crippen LogP contribution in [0.15, 0.2) is 0 Å². The maximum atomic E-state index is 12.3. The van der Waals surface area contributed by atoms with Gasteiger partial charge in [-0.05, 0) is 19.3 Å². The Labute approximate surface area is 112 Å². The Kier molecular flexibility index (Phi) is 7.33. The number of nitrogens with zero attached hydrogens (tertiary/aromatic N) is 1. The number of carbonyl (C=O) groups is 1. The van der Waals surface area contributed by atoms with E-state index in [1.54, 1.807) is 0 Å². The fourth-order valence-corrected chi connectivity index (χ4v) is 2.73. The van der Waals surface area contributed by atoms with Crippen molar-refractivity contribution in [2.75, 3.05) is 6.54 Å². The molecule has 106 valence electrons. The van der Waals surface area contributed by atoms with Crippen LogP contribution in [0.2, 0.25) is 0 Å². The standard InChI is InChI=1S/C15H30N2O/c1-4-7-8-9-12-17-14(11-6-3)16-13(10-5-2)15(17)18/h13-14,16H,4-12H2,1-3H3. The van der Waals surface area contributed by atoms with Crippen LogP contribution in [0.5, 0.6) is 0 Å². The van der Waals surface area contributed by atoms with Gasteiger partial charge in [0.25, 0.3) is 0 Å². The minimum absolute atomic E-state index is 0.0812. The van der Waals surface area contributed by atoms with E-state index in [0.29, 0.717) is 12.1 Å². The summed E-state index contributed by atoms with van der Waals surface area (Å²) >= 11 is 0. The average Bonchev–Trinajstić information content (AvgIpc) is 2.64. The number of hydrogen-bond donors (Lipinski definition) is 1. The first-order valence-corrected chi connectivity index (χ1v) is 7.81. The van der Waals surface area contributed by atoms with Crippen LogP contribution >= 0.6 is 0 Å². The molecule has 1 rings (SSSR count). The summed E-state index contributed by atoms with van der Waals surface area (Å²) in [5, 5.41) is 3.51. The molecule has 0 aromatic carbocycles. The lowest BCUT2D eigenvalue weighted by Gasteiger charge is -2.23. The molecule has 1 heterocycles. The first-order chi connectivity index (χ1) is 8.74. The van der Waals surface area contributed by atoms with Gasteiger partial charge in [-0.3, -0.25) is 10.1 Å². The summed E-state index contributed by atoms with van der Waals surface area (Å²) in [6.07, 6.45) is 9.50. The number of nitrogens with one attached hydrogen (secondary N) is 1. The highest BCUT2D eigenvalue weighted by Crippen LogP contribution is 2.19. The van der Waals surface area contributed by atoms with Gasteiger partial charge in [0.05, 0.1) is 12.2 Å². The normalized spacial score (nSPS) is 23.9. The molecule has 0 bridgehead atoms. The molecular weight excluding hydrogens is 224 g/mol. The molecule has 1 saturated heterocycles. The smallest absolute Gasteiger partial charge is 0.241 e. The van der Waals surface area contributed by atoms with Gasteiger partial charge >= 0.3 is 0 Å². The molecule has 2 unspecified atom stereocenters. The van der Waals surface area contributed by atoms with Crippen LogP contribution < -0.4 is 5.32 Å². The van der Waals surface area contributed by atoms with Gasteiger partial charge in [0.2, 0.25) is 5.91 Å². The lowest BCUT2D eigenvalue weighted by atomic mass is 10.1. The first kappa shape index (κ1) is 15.5. The van der Waals surface area contributed by atoms with Crippen molar-refractivity contribution in [2.24, 2.45) is 0 Å². The molecule has 0 aromatic rings. The van der Waals surface area contributed by atoms with E-state index in [9.17, 15) is 4.79 Å². The lowest BCUT2D eigenvalue weighted by molar-refractivity contribution is -0.130. The van der Waals surface area contributed by atoms with E-state index in [2.05, 4.69) is 31.0 Å². The molecule has 3 heteroatoms. The summed E-state index contributed by atoms with van der Waals surface area (Å²) in [6.45, 7) is 7.50. The van der Waals surface area contributed by atoms with Gasteiger partial charge in [0, 0.05) is 6.54 Å². The van der Waals surface area contributed by atoms with Crippen LogP contribution in [0.4, 0.5) is 0 Å². The number of amides is 1. The molecule has 0 aliphatic carbocycles. The molecule has 2 atom stereocenters. The van der Waals surface area contributed by atoms with Gasteiger partial charge in [0.1, 0.15) is 0 Å². The van der Waals surface area contributed by atoms with Crippen molar-refractivity contribution < 1.29 is 4.79 Å². The highest BCUT2D eigenvalue weighted by atomic mass is 16.2. The highest BCUT2D eigenvalue weighted by molar-refractivity contribution is 5.84. The van der Waals surface area contributed by atoms with Gasteiger partial charge < -0.3 is 4.90 Å². The highest BCUT2D eigenvalue weighted by Gasteiger charge is 2.36. The molecule has 1 amide bonds. The zero-order chi connectivity index (χ0) is 13.4. The van der Waals surface area contributed by atoms with Crippen LogP contribution in [0.3, 0.4) is 0 Å². The van der Waals surface area contributed by atoms with Crippen LogP contribution in [0, 0.1) is 0 Å². The molecule has 0 saturated carbocycles. The van der Waals surface area contributed by atoms with Crippen molar-refractivity contribution in [2.45, 2.75) is 84.3 Å². The minimum atomic E-state index is 0.0812. The Bertz CT molecular complexity index is 243. The molecule has 1 aliphatic rings. The third kappa shape index (κ3) is 4.27. The maximum absolute atomic E-state index is 12.3. The number of unbranched alkanes of at least 4 members (excludes halogenated alkanes) is 3. The Morgan fingerprint density at radius 2 is 1.72 bits per heavy atom. The topological polar surface area (TPSA) is 32.3 Å². The summed E-state index contributed by atoms with van der Waals surface area (Å²) < 4.78 is 0. The van der Waals surface area contributed by atoms with Crippen molar-refractivity contribution in [3.8, 4) is 0 Å². The van der Waals surface area contributed by atoms with Crippen molar-refractivity contribution in [1.82, 2.24) is 10.2 Å². The molecule has 1 N–H and O–H groups in total. The second-order valence-corrected chi connectivity index (χ2v) is 5.40. The SMILES string of the molecule is CCCCCCN1C(=O)C(CCC)NC1CCC. The Morgan fingerprint density at radius 3 is 2.33 bits per heavy atom.